The number of rotatable bonds is 5. The fourth-order valence-corrected chi connectivity index (χ4v) is 4.41. The van der Waals surface area contributed by atoms with E-state index in [0.29, 0.717) is 0 Å². The van der Waals surface area contributed by atoms with Crippen LogP contribution in [0.1, 0.15) is 11.1 Å². The molecule has 29 heavy (non-hydrogen) atoms. The molecule has 0 spiro atoms. The summed E-state index contributed by atoms with van der Waals surface area (Å²) in [7, 11) is 0. The summed E-state index contributed by atoms with van der Waals surface area (Å²) in [6, 6.07) is 11.1. The molecule has 6 heteroatoms. The number of hydrogen-bond donors (Lipinski definition) is 3. The molecule has 2 aromatic heterocycles. The van der Waals surface area contributed by atoms with E-state index in [-0.39, 0.29) is 12.4 Å². The molecule has 5 rings (SSSR count). The van der Waals surface area contributed by atoms with Crippen molar-refractivity contribution in [2.75, 3.05) is 37.6 Å². The third-order valence-electron chi connectivity index (χ3n) is 6.03. The minimum absolute atomic E-state index is 0.0488. The maximum absolute atomic E-state index is 13.6. The van der Waals surface area contributed by atoms with Crippen molar-refractivity contribution >= 4 is 27.5 Å². The molecule has 0 atom stereocenters. The lowest BCUT2D eigenvalue weighted by Gasteiger charge is -2.36. The van der Waals surface area contributed by atoms with Crippen molar-refractivity contribution in [3.05, 3.63) is 65.7 Å². The highest BCUT2D eigenvalue weighted by atomic mass is 19.1. The van der Waals surface area contributed by atoms with Gasteiger partial charge in [-0.1, -0.05) is 0 Å². The molecule has 3 heterocycles. The summed E-state index contributed by atoms with van der Waals surface area (Å²) >= 11 is 0. The van der Waals surface area contributed by atoms with Crippen molar-refractivity contribution in [1.29, 1.82) is 0 Å². The van der Waals surface area contributed by atoms with E-state index < -0.39 is 0 Å². The lowest BCUT2D eigenvalue weighted by Crippen LogP contribution is -2.47. The van der Waals surface area contributed by atoms with Gasteiger partial charge in [0.1, 0.15) is 5.82 Å². The van der Waals surface area contributed by atoms with Crippen molar-refractivity contribution in [2.24, 2.45) is 0 Å². The van der Waals surface area contributed by atoms with Gasteiger partial charge >= 0.3 is 0 Å². The van der Waals surface area contributed by atoms with Crippen LogP contribution in [-0.4, -0.2) is 52.7 Å². The van der Waals surface area contributed by atoms with E-state index in [1.807, 2.05) is 18.5 Å². The van der Waals surface area contributed by atoms with Gasteiger partial charge in [-0.2, -0.15) is 0 Å². The summed E-state index contributed by atoms with van der Waals surface area (Å²) in [5, 5.41) is 11.8. The van der Waals surface area contributed by atoms with Gasteiger partial charge in [-0.05, 0) is 53.9 Å². The first kappa shape index (κ1) is 18.2. The third-order valence-corrected chi connectivity index (χ3v) is 6.03. The highest BCUT2D eigenvalue weighted by Gasteiger charge is 2.20. The van der Waals surface area contributed by atoms with Gasteiger partial charge in [-0.3, -0.25) is 4.90 Å². The fourth-order valence-electron chi connectivity index (χ4n) is 4.41. The Labute approximate surface area is 168 Å². The van der Waals surface area contributed by atoms with E-state index in [1.165, 1.54) is 22.7 Å². The highest BCUT2D eigenvalue weighted by molar-refractivity contribution is 5.93. The van der Waals surface area contributed by atoms with Gasteiger partial charge in [0.05, 0.1) is 6.61 Å². The van der Waals surface area contributed by atoms with Crippen LogP contribution in [0.3, 0.4) is 0 Å². The Morgan fingerprint density at radius 2 is 1.79 bits per heavy atom. The summed E-state index contributed by atoms with van der Waals surface area (Å²) < 4.78 is 13.6. The smallest absolute Gasteiger partial charge is 0.123 e. The number of halogens is 1. The molecular formula is C23H25FN4O. The topological polar surface area (TPSA) is 58.3 Å². The Morgan fingerprint density at radius 1 is 0.931 bits per heavy atom. The van der Waals surface area contributed by atoms with Crippen molar-refractivity contribution in [1.82, 2.24) is 14.9 Å². The van der Waals surface area contributed by atoms with Crippen LogP contribution < -0.4 is 4.90 Å². The van der Waals surface area contributed by atoms with E-state index >= 15 is 0 Å². The molecule has 0 saturated carbocycles. The quantitative estimate of drug-likeness (QED) is 0.486. The minimum atomic E-state index is -0.187. The number of hydrogen-bond acceptors (Lipinski definition) is 3. The summed E-state index contributed by atoms with van der Waals surface area (Å²) in [5.41, 5.74) is 5.36. The maximum Gasteiger partial charge on any atom is 0.123 e. The van der Waals surface area contributed by atoms with Crippen LogP contribution in [0.25, 0.3) is 21.8 Å². The molecule has 0 amide bonds. The molecule has 2 aromatic carbocycles. The van der Waals surface area contributed by atoms with Crippen molar-refractivity contribution in [3.63, 3.8) is 0 Å². The van der Waals surface area contributed by atoms with E-state index in [2.05, 4.69) is 31.9 Å². The highest BCUT2D eigenvalue weighted by Crippen LogP contribution is 2.29. The first-order valence-corrected chi connectivity index (χ1v) is 10.1. The molecule has 4 aromatic rings. The summed E-state index contributed by atoms with van der Waals surface area (Å²) in [4.78, 5) is 11.4. The molecule has 1 aliphatic rings. The van der Waals surface area contributed by atoms with Gasteiger partial charge in [0.2, 0.25) is 0 Å². The third kappa shape index (κ3) is 3.50. The molecule has 0 radical (unpaired) electrons. The largest absolute Gasteiger partial charge is 0.392 e. The van der Waals surface area contributed by atoms with Crippen LogP contribution in [0.4, 0.5) is 10.1 Å². The molecule has 1 aliphatic heterocycles. The summed E-state index contributed by atoms with van der Waals surface area (Å²) in [5.74, 6) is -0.187. The average molecular weight is 392 g/mol. The molecule has 0 aliphatic carbocycles. The molecule has 3 N–H and O–H groups in total. The van der Waals surface area contributed by atoms with Gasteiger partial charge in [0, 0.05) is 72.6 Å². The predicted molar refractivity (Wildman–Crippen MR) is 115 cm³/mol. The lowest BCUT2D eigenvalue weighted by atomic mass is 10.1. The standard InChI is InChI=1S/C23H25FN4O/c24-18-1-2-21-20(13-18)17(14-26-21)4-6-27-7-9-28(10-8-27)23-12-16(15-29)11-22-19(23)3-5-25-22/h1-3,5,11-14,25-26,29H,4,6-10,15H2. The first-order chi connectivity index (χ1) is 14.2. The molecule has 0 bridgehead atoms. The van der Waals surface area contributed by atoms with Gasteiger partial charge < -0.3 is 20.0 Å². The zero-order valence-electron chi connectivity index (χ0n) is 16.3. The number of anilines is 1. The number of piperazine rings is 1. The average Bonchev–Trinajstić information content (AvgIpc) is 3.38. The van der Waals surface area contributed by atoms with Crippen LogP contribution in [0.5, 0.6) is 0 Å². The Kier molecular flexibility index (Phi) is 4.73. The Morgan fingerprint density at radius 3 is 2.62 bits per heavy atom. The maximum atomic E-state index is 13.6. The number of nitrogens with zero attached hydrogens (tertiary/aromatic N) is 2. The second-order valence-corrected chi connectivity index (χ2v) is 7.79. The van der Waals surface area contributed by atoms with Crippen LogP contribution in [-0.2, 0) is 13.0 Å². The van der Waals surface area contributed by atoms with E-state index in [0.717, 1.165) is 61.1 Å². The number of fused-ring (bicyclic) bond motifs is 2. The van der Waals surface area contributed by atoms with E-state index in [1.54, 1.807) is 12.1 Å². The monoisotopic (exact) mass is 392 g/mol. The number of benzene rings is 2. The molecule has 5 nitrogen and oxygen atoms in total. The molecule has 1 saturated heterocycles. The van der Waals surface area contributed by atoms with E-state index in [4.69, 9.17) is 0 Å². The summed E-state index contributed by atoms with van der Waals surface area (Å²) in [6.07, 6.45) is 4.87. The number of aromatic nitrogens is 2. The SMILES string of the molecule is OCc1cc(N2CCN(CCc3c[nH]c4ccc(F)cc34)CC2)c2cc[nH]c2c1. The second kappa shape index (κ2) is 7.54. The Hall–Kier alpha value is -2.83. The minimum Gasteiger partial charge on any atom is -0.392 e. The second-order valence-electron chi connectivity index (χ2n) is 7.79. The summed E-state index contributed by atoms with van der Waals surface area (Å²) in [6.45, 7) is 4.91. The van der Waals surface area contributed by atoms with Crippen molar-refractivity contribution in [2.45, 2.75) is 13.0 Å². The van der Waals surface area contributed by atoms with Gasteiger partial charge in [0.15, 0.2) is 0 Å². The van der Waals surface area contributed by atoms with Crippen molar-refractivity contribution < 1.29 is 9.50 Å². The van der Waals surface area contributed by atoms with Crippen LogP contribution in [0, 0.1) is 5.82 Å². The van der Waals surface area contributed by atoms with Crippen LogP contribution in [0.2, 0.25) is 0 Å². The fraction of sp³-hybridized carbons (Fsp3) is 0.304. The molecular weight excluding hydrogens is 367 g/mol. The van der Waals surface area contributed by atoms with Crippen molar-refractivity contribution in [3.8, 4) is 0 Å². The van der Waals surface area contributed by atoms with Crippen LogP contribution >= 0.6 is 0 Å². The van der Waals surface area contributed by atoms with Gasteiger partial charge in [-0.25, -0.2) is 4.39 Å². The predicted octanol–water partition coefficient (Wildman–Crippen LogP) is 3.65. The Bertz CT molecular complexity index is 1140. The number of aromatic amines is 2. The Balaban J connectivity index is 1.25. The zero-order chi connectivity index (χ0) is 19.8. The number of nitrogens with one attached hydrogen (secondary N) is 2. The van der Waals surface area contributed by atoms with E-state index in [9.17, 15) is 9.50 Å². The number of aliphatic hydroxyl groups excluding tert-OH is 1. The lowest BCUT2D eigenvalue weighted by molar-refractivity contribution is 0.261. The van der Waals surface area contributed by atoms with Gasteiger partial charge in [-0.15, -0.1) is 0 Å². The van der Waals surface area contributed by atoms with Gasteiger partial charge in [0.25, 0.3) is 0 Å². The molecule has 0 unspecified atom stereocenters. The number of aliphatic hydroxyl groups is 1. The number of H-pyrrole nitrogens is 2. The first-order valence-electron chi connectivity index (χ1n) is 10.1. The molecule has 1 fully saturated rings. The van der Waals surface area contributed by atoms with Crippen LogP contribution in [0.15, 0.2) is 48.8 Å². The normalized spacial score (nSPS) is 15.6. The zero-order valence-corrected chi connectivity index (χ0v) is 16.3. The molecule has 150 valence electrons.